The Morgan fingerprint density at radius 3 is 2.56 bits per heavy atom. The van der Waals surface area contributed by atoms with Crippen LogP contribution < -0.4 is 0 Å². The minimum atomic E-state index is -2.44. The lowest BCUT2D eigenvalue weighted by atomic mass is 9.89. The minimum Gasteiger partial charge on any atom is -0.363 e. The standard InChI is InChI=1S/C13H21F2NOS/c1-10(2,18)17-9-12-4-3-5-16(12)8-11(6-12)7-13(11,14)15/h18H,3-9H2,1-2H3/t11-,12-/m0/s1. The van der Waals surface area contributed by atoms with Crippen LogP contribution in [0.3, 0.4) is 0 Å². The molecule has 0 bridgehead atoms. The number of rotatable bonds is 3. The quantitative estimate of drug-likeness (QED) is 0.629. The molecule has 0 aromatic heterocycles. The molecule has 1 aliphatic carbocycles. The number of ether oxygens (including phenoxy) is 1. The molecule has 2 heterocycles. The average Bonchev–Trinajstić information content (AvgIpc) is 2.55. The Labute approximate surface area is 112 Å². The van der Waals surface area contributed by atoms with Gasteiger partial charge in [-0.25, -0.2) is 8.78 Å². The number of hydrogen-bond donors (Lipinski definition) is 1. The van der Waals surface area contributed by atoms with E-state index < -0.39 is 16.3 Å². The molecule has 1 saturated carbocycles. The largest absolute Gasteiger partial charge is 0.363 e. The Balaban J connectivity index is 1.74. The molecule has 0 aromatic carbocycles. The maximum atomic E-state index is 13.6. The first-order valence-electron chi connectivity index (χ1n) is 6.68. The van der Waals surface area contributed by atoms with Gasteiger partial charge in [-0.3, -0.25) is 4.90 Å². The molecule has 1 spiro atoms. The molecule has 0 N–H and O–H groups in total. The van der Waals surface area contributed by atoms with E-state index in [1.165, 1.54) is 0 Å². The summed E-state index contributed by atoms with van der Waals surface area (Å²) in [5.41, 5.74) is -0.891. The lowest BCUT2D eigenvalue weighted by Crippen LogP contribution is -2.44. The molecule has 3 fully saturated rings. The Hall–Kier alpha value is 0.130. The number of halogens is 2. The monoisotopic (exact) mass is 277 g/mol. The Morgan fingerprint density at radius 1 is 1.33 bits per heavy atom. The molecule has 2 aliphatic heterocycles. The molecule has 2 atom stereocenters. The zero-order valence-electron chi connectivity index (χ0n) is 11.0. The van der Waals surface area contributed by atoms with Crippen molar-refractivity contribution >= 4 is 12.6 Å². The van der Waals surface area contributed by atoms with Crippen molar-refractivity contribution in [2.45, 2.75) is 55.9 Å². The second kappa shape index (κ2) is 3.61. The topological polar surface area (TPSA) is 12.5 Å². The van der Waals surface area contributed by atoms with Crippen LogP contribution in [0.2, 0.25) is 0 Å². The van der Waals surface area contributed by atoms with Crippen molar-refractivity contribution in [3.05, 3.63) is 0 Å². The molecule has 18 heavy (non-hydrogen) atoms. The van der Waals surface area contributed by atoms with Crippen molar-refractivity contribution in [3.8, 4) is 0 Å². The van der Waals surface area contributed by atoms with Crippen molar-refractivity contribution in [2.24, 2.45) is 5.41 Å². The minimum absolute atomic E-state index is 0.0719. The third-order valence-corrected chi connectivity index (χ3v) is 4.94. The van der Waals surface area contributed by atoms with Gasteiger partial charge in [-0.2, -0.15) is 0 Å². The van der Waals surface area contributed by atoms with Gasteiger partial charge in [0.2, 0.25) is 0 Å². The van der Waals surface area contributed by atoms with Crippen LogP contribution in [0.25, 0.3) is 0 Å². The normalized spacial score (nSPS) is 42.5. The van der Waals surface area contributed by atoms with Gasteiger partial charge >= 0.3 is 0 Å². The molecule has 0 radical (unpaired) electrons. The van der Waals surface area contributed by atoms with Crippen LogP contribution in [0.1, 0.15) is 39.5 Å². The van der Waals surface area contributed by atoms with Crippen LogP contribution >= 0.6 is 12.6 Å². The number of fused-ring (bicyclic) bond motifs is 1. The SMILES string of the molecule is CC(C)(S)OC[C@@]12CCCN1C[C@@]1(CC1(F)F)C2. The van der Waals surface area contributed by atoms with E-state index in [1.54, 1.807) is 0 Å². The summed E-state index contributed by atoms with van der Waals surface area (Å²) in [6, 6.07) is 0. The van der Waals surface area contributed by atoms with E-state index in [4.69, 9.17) is 4.74 Å². The summed E-state index contributed by atoms with van der Waals surface area (Å²) < 4.78 is 32.9. The van der Waals surface area contributed by atoms with Crippen molar-refractivity contribution in [3.63, 3.8) is 0 Å². The lowest BCUT2D eigenvalue weighted by molar-refractivity contribution is -0.0139. The van der Waals surface area contributed by atoms with Crippen LogP contribution in [0.4, 0.5) is 8.78 Å². The maximum absolute atomic E-state index is 13.6. The first kappa shape index (κ1) is 13.1. The van der Waals surface area contributed by atoms with Crippen LogP contribution in [-0.2, 0) is 4.74 Å². The summed E-state index contributed by atoms with van der Waals surface area (Å²) in [6.45, 7) is 5.80. The highest BCUT2D eigenvalue weighted by molar-refractivity contribution is 7.81. The van der Waals surface area contributed by atoms with Crippen LogP contribution in [0, 0.1) is 5.41 Å². The van der Waals surface area contributed by atoms with Crippen LogP contribution in [-0.4, -0.2) is 41.0 Å². The van der Waals surface area contributed by atoms with E-state index in [9.17, 15) is 8.78 Å². The first-order valence-corrected chi connectivity index (χ1v) is 7.12. The molecule has 0 amide bonds. The summed E-state index contributed by atoms with van der Waals surface area (Å²) in [5.74, 6) is -2.44. The molecule has 2 nitrogen and oxygen atoms in total. The zero-order valence-corrected chi connectivity index (χ0v) is 11.9. The van der Waals surface area contributed by atoms with E-state index in [0.29, 0.717) is 19.6 Å². The van der Waals surface area contributed by atoms with Crippen molar-refractivity contribution in [2.75, 3.05) is 19.7 Å². The molecule has 2 saturated heterocycles. The number of thiol groups is 1. The summed E-state index contributed by atoms with van der Waals surface area (Å²) >= 11 is 4.36. The van der Waals surface area contributed by atoms with Gasteiger partial charge in [0.15, 0.2) is 0 Å². The lowest BCUT2D eigenvalue weighted by Gasteiger charge is -2.34. The summed E-state index contributed by atoms with van der Waals surface area (Å²) in [4.78, 5) is 1.75. The molecule has 3 rings (SSSR count). The summed E-state index contributed by atoms with van der Waals surface area (Å²) in [7, 11) is 0. The number of nitrogens with zero attached hydrogens (tertiary/aromatic N) is 1. The zero-order chi connectivity index (χ0) is 13.2. The van der Waals surface area contributed by atoms with Gasteiger partial charge in [-0.05, 0) is 39.7 Å². The predicted molar refractivity (Wildman–Crippen MR) is 69.2 cm³/mol. The fraction of sp³-hybridized carbons (Fsp3) is 1.00. The summed E-state index contributed by atoms with van der Waals surface area (Å²) in [5, 5.41) is 0. The van der Waals surface area contributed by atoms with E-state index >= 15 is 0 Å². The molecule has 3 aliphatic rings. The van der Waals surface area contributed by atoms with Crippen molar-refractivity contribution in [1.82, 2.24) is 4.90 Å². The van der Waals surface area contributed by atoms with Gasteiger partial charge in [-0.15, -0.1) is 12.6 Å². The molecule has 5 heteroatoms. The van der Waals surface area contributed by atoms with Crippen molar-refractivity contribution in [1.29, 1.82) is 0 Å². The predicted octanol–water partition coefficient (Wildman–Crippen LogP) is 2.93. The molecular weight excluding hydrogens is 256 g/mol. The average molecular weight is 277 g/mol. The number of alkyl halides is 2. The van der Waals surface area contributed by atoms with E-state index in [-0.39, 0.29) is 12.0 Å². The van der Waals surface area contributed by atoms with Gasteiger partial charge in [-0.1, -0.05) is 0 Å². The molecule has 0 aromatic rings. The third kappa shape index (κ3) is 1.90. The first-order chi connectivity index (χ1) is 8.18. The van der Waals surface area contributed by atoms with Gasteiger partial charge < -0.3 is 4.74 Å². The highest BCUT2D eigenvalue weighted by atomic mass is 32.1. The number of hydrogen-bond acceptors (Lipinski definition) is 3. The van der Waals surface area contributed by atoms with E-state index in [2.05, 4.69) is 17.5 Å². The fourth-order valence-corrected chi connectivity index (χ4v) is 3.83. The smallest absolute Gasteiger partial charge is 0.255 e. The Morgan fingerprint density at radius 2 is 2.00 bits per heavy atom. The van der Waals surface area contributed by atoms with E-state index in [0.717, 1.165) is 19.4 Å². The van der Waals surface area contributed by atoms with Gasteiger partial charge in [0.25, 0.3) is 5.92 Å². The van der Waals surface area contributed by atoms with E-state index in [1.807, 2.05) is 13.8 Å². The van der Waals surface area contributed by atoms with Gasteiger partial charge in [0.1, 0.15) is 4.93 Å². The Bertz CT molecular complexity index is 370. The summed E-state index contributed by atoms with van der Waals surface area (Å²) in [6.07, 6.45) is 2.74. The second-order valence-corrected chi connectivity index (χ2v) is 7.90. The van der Waals surface area contributed by atoms with Crippen LogP contribution in [0.5, 0.6) is 0 Å². The fourth-order valence-electron chi connectivity index (χ4n) is 3.76. The molecule has 0 unspecified atom stereocenters. The molecule has 104 valence electrons. The van der Waals surface area contributed by atoms with Gasteiger partial charge in [0.05, 0.1) is 12.0 Å². The molecular formula is C13H21F2NOS. The van der Waals surface area contributed by atoms with Crippen molar-refractivity contribution < 1.29 is 13.5 Å². The highest BCUT2D eigenvalue weighted by Gasteiger charge is 2.77. The third-order valence-electron chi connectivity index (χ3n) is 4.81. The highest BCUT2D eigenvalue weighted by Crippen LogP contribution is 2.69. The maximum Gasteiger partial charge on any atom is 0.255 e. The van der Waals surface area contributed by atoms with Crippen LogP contribution in [0.15, 0.2) is 0 Å². The second-order valence-electron chi connectivity index (χ2n) is 6.82. The Kier molecular flexibility index (Phi) is 2.63. The van der Waals surface area contributed by atoms with Gasteiger partial charge in [0, 0.05) is 18.5 Å².